The van der Waals surface area contributed by atoms with Crippen molar-refractivity contribution in [3.8, 4) is 11.5 Å². The molecule has 0 bridgehead atoms. The second-order valence-corrected chi connectivity index (χ2v) is 5.44. The van der Waals surface area contributed by atoms with E-state index in [2.05, 4.69) is 5.32 Å². The zero-order valence-corrected chi connectivity index (χ0v) is 14.5. The molecule has 0 radical (unpaired) electrons. The highest BCUT2D eigenvalue weighted by Gasteiger charge is 2.12. The minimum atomic E-state index is -0.458. The molecule has 0 aromatic heterocycles. The molecule has 1 amide bonds. The summed E-state index contributed by atoms with van der Waals surface area (Å²) in [5.74, 6) is 0.166. The lowest BCUT2D eigenvalue weighted by atomic mass is 10.1. The zero-order chi connectivity index (χ0) is 18.2. The monoisotopic (exact) mass is 343 g/mol. The normalized spacial score (nSPS) is 10.0. The Kier molecular flexibility index (Phi) is 6.39. The predicted molar refractivity (Wildman–Crippen MR) is 94.0 cm³/mol. The molecule has 0 aliphatic rings. The van der Waals surface area contributed by atoms with E-state index in [9.17, 15) is 9.59 Å². The first kappa shape index (κ1) is 18.3. The maximum atomic E-state index is 12.0. The molecule has 0 heterocycles. The number of benzene rings is 2. The summed E-state index contributed by atoms with van der Waals surface area (Å²) in [6.07, 6.45) is 0.124. The third-order valence-electron chi connectivity index (χ3n) is 3.52. The molecule has 0 aliphatic carbocycles. The summed E-state index contributed by atoms with van der Waals surface area (Å²) in [5.41, 5.74) is 2.43. The largest absolute Gasteiger partial charge is 0.497 e. The summed E-state index contributed by atoms with van der Waals surface area (Å²) in [5, 5.41) is 2.64. The van der Waals surface area contributed by atoms with E-state index in [0.29, 0.717) is 17.2 Å². The van der Waals surface area contributed by atoms with E-state index >= 15 is 0 Å². The van der Waals surface area contributed by atoms with Crippen molar-refractivity contribution >= 4 is 17.6 Å². The molecule has 0 atom stereocenters. The number of hydrogen-bond donors (Lipinski definition) is 1. The van der Waals surface area contributed by atoms with Crippen molar-refractivity contribution in [1.29, 1.82) is 0 Å². The van der Waals surface area contributed by atoms with Crippen LogP contribution in [0.5, 0.6) is 11.5 Å². The molecule has 0 saturated carbocycles. The standard InChI is InChI=1S/C19H21NO5/c1-13-4-6-14(7-5-13)10-19(22)25-12-18(21)20-16-9-8-15(23-2)11-17(16)24-3/h4-9,11H,10,12H2,1-3H3,(H,20,21). The first-order chi connectivity index (χ1) is 12.0. The molecule has 0 unspecified atom stereocenters. The quantitative estimate of drug-likeness (QED) is 0.783. The van der Waals surface area contributed by atoms with Gasteiger partial charge in [-0.1, -0.05) is 29.8 Å². The van der Waals surface area contributed by atoms with E-state index < -0.39 is 11.9 Å². The Labute approximate surface area is 146 Å². The number of esters is 1. The average molecular weight is 343 g/mol. The zero-order valence-electron chi connectivity index (χ0n) is 14.5. The number of carbonyl (C=O) groups excluding carboxylic acids is 2. The molecule has 6 nitrogen and oxygen atoms in total. The Hall–Kier alpha value is -3.02. The molecule has 0 aliphatic heterocycles. The summed E-state index contributed by atoms with van der Waals surface area (Å²) in [7, 11) is 3.03. The SMILES string of the molecule is COc1ccc(NC(=O)COC(=O)Cc2ccc(C)cc2)c(OC)c1. The number of anilines is 1. The van der Waals surface area contributed by atoms with Crippen LogP contribution in [-0.4, -0.2) is 32.7 Å². The van der Waals surface area contributed by atoms with Crippen molar-refractivity contribution < 1.29 is 23.8 Å². The van der Waals surface area contributed by atoms with Gasteiger partial charge in [0.05, 0.1) is 26.3 Å². The van der Waals surface area contributed by atoms with Crippen LogP contribution in [0.15, 0.2) is 42.5 Å². The van der Waals surface area contributed by atoms with Gasteiger partial charge in [0.25, 0.3) is 5.91 Å². The lowest BCUT2D eigenvalue weighted by Gasteiger charge is -2.11. The van der Waals surface area contributed by atoms with Crippen molar-refractivity contribution in [2.75, 3.05) is 26.1 Å². The molecule has 132 valence electrons. The number of ether oxygens (including phenoxy) is 3. The van der Waals surface area contributed by atoms with Crippen molar-refractivity contribution in [3.63, 3.8) is 0 Å². The fourth-order valence-corrected chi connectivity index (χ4v) is 2.16. The first-order valence-electron chi connectivity index (χ1n) is 7.75. The van der Waals surface area contributed by atoms with Crippen LogP contribution < -0.4 is 14.8 Å². The van der Waals surface area contributed by atoms with Gasteiger partial charge in [-0.15, -0.1) is 0 Å². The molecule has 6 heteroatoms. The fourth-order valence-electron chi connectivity index (χ4n) is 2.16. The van der Waals surface area contributed by atoms with Crippen LogP contribution >= 0.6 is 0 Å². The van der Waals surface area contributed by atoms with Crippen LogP contribution in [0.25, 0.3) is 0 Å². The van der Waals surface area contributed by atoms with Gasteiger partial charge in [0.2, 0.25) is 0 Å². The molecule has 0 spiro atoms. The number of methoxy groups -OCH3 is 2. The van der Waals surface area contributed by atoms with Crippen LogP contribution in [0.1, 0.15) is 11.1 Å². The number of aryl methyl sites for hydroxylation is 1. The number of rotatable bonds is 7. The maximum Gasteiger partial charge on any atom is 0.310 e. The fraction of sp³-hybridized carbons (Fsp3) is 0.263. The third-order valence-corrected chi connectivity index (χ3v) is 3.52. The molecule has 2 aromatic rings. The van der Waals surface area contributed by atoms with Gasteiger partial charge in [0.15, 0.2) is 6.61 Å². The van der Waals surface area contributed by atoms with Crippen LogP contribution in [0.3, 0.4) is 0 Å². The van der Waals surface area contributed by atoms with Gasteiger partial charge >= 0.3 is 5.97 Å². The van der Waals surface area contributed by atoms with Gasteiger partial charge in [0, 0.05) is 6.07 Å². The van der Waals surface area contributed by atoms with Gasteiger partial charge in [0.1, 0.15) is 11.5 Å². The summed E-state index contributed by atoms with van der Waals surface area (Å²) in [6.45, 7) is 1.61. The second-order valence-electron chi connectivity index (χ2n) is 5.44. The Balaban J connectivity index is 1.86. The van der Waals surface area contributed by atoms with Crippen molar-refractivity contribution in [2.24, 2.45) is 0 Å². The number of hydrogen-bond acceptors (Lipinski definition) is 5. The summed E-state index contributed by atoms with van der Waals surface area (Å²) < 4.78 is 15.3. The second kappa shape index (κ2) is 8.73. The number of amides is 1. The lowest BCUT2D eigenvalue weighted by molar-refractivity contribution is -0.146. The third kappa shape index (κ3) is 5.53. The smallest absolute Gasteiger partial charge is 0.310 e. The summed E-state index contributed by atoms with van der Waals surface area (Å²) in [4.78, 5) is 23.8. The molecule has 0 fully saturated rings. The van der Waals surface area contributed by atoms with E-state index in [0.717, 1.165) is 11.1 Å². The number of carbonyl (C=O) groups is 2. The Bertz CT molecular complexity index is 740. The first-order valence-corrected chi connectivity index (χ1v) is 7.75. The highest BCUT2D eigenvalue weighted by molar-refractivity contribution is 5.94. The van der Waals surface area contributed by atoms with E-state index in [1.54, 1.807) is 25.3 Å². The van der Waals surface area contributed by atoms with E-state index in [1.165, 1.54) is 7.11 Å². The van der Waals surface area contributed by atoms with Crippen LogP contribution in [0, 0.1) is 6.92 Å². The highest BCUT2D eigenvalue weighted by atomic mass is 16.5. The minimum Gasteiger partial charge on any atom is -0.497 e. The van der Waals surface area contributed by atoms with Gasteiger partial charge in [-0.3, -0.25) is 9.59 Å². The minimum absolute atomic E-state index is 0.124. The van der Waals surface area contributed by atoms with Crippen LogP contribution in [0.2, 0.25) is 0 Å². The maximum absolute atomic E-state index is 12.0. The summed E-state index contributed by atoms with van der Waals surface area (Å²) in [6, 6.07) is 12.6. The van der Waals surface area contributed by atoms with Crippen molar-refractivity contribution in [3.05, 3.63) is 53.6 Å². The van der Waals surface area contributed by atoms with Crippen LogP contribution in [-0.2, 0) is 20.7 Å². The average Bonchev–Trinajstić information content (AvgIpc) is 2.62. The Morgan fingerprint density at radius 2 is 1.72 bits per heavy atom. The van der Waals surface area contributed by atoms with E-state index in [4.69, 9.17) is 14.2 Å². The van der Waals surface area contributed by atoms with Crippen molar-refractivity contribution in [1.82, 2.24) is 0 Å². The highest BCUT2D eigenvalue weighted by Crippen LogP contribution is 2.28. The van der Waals surface area contributed by atoms with Gasteiger partial charge in [-0.25, -0.2) is 0 Å². The van der Waals surface area contributed by atoms with Crippen LogP contribution in [0.4, 0.5) is 5.69 Å². The topological polar surface area (TPSA) is 73.9 Å². The lowest BCUT2D eigenvalue weighted by Crippen LogP contribution is -2.22. The van der Waals surface area contributed by atoms with Crippen molar-refractivity contribution in [2.45, 2.75) is 13.3 Å². The predicted octanol–water partition coefficient (Wildman–Crippen LogP) is 2.74. The van der Waals surface area contributed by atoms with E-state index in [1.807, 2.05) is 31.2 Å². The molecule has 2 aromatic carbocycles. The van der Waals surface area contributed by atoms with Gasteiger partial charge in [-0.2, -0.15) is 0 Å². The molecular weight excluding hydrogens is 322 g/mol. The Morgan fingerprint density at radius 3 is 2.36 bits per heavy atom. The Morgan fingerprint density at radius 1 is 1.00 bits per heavy atom. The molecular formula is C19H21NO5. The molecule has 0 saturated heterocycles. The molecule has 2 rings (SSSR count). The summed E-state index contributed by atoms with van der Waals surface area (Å²) >= 11 is 0. The number of nitrogens with one attached hydrogen (secondary N) is 1. The van der Waals surface area contributed by atoms with Gasteiger partial charge < -0.3 is 19.5 Å². The van der Waals surface area contributed by atoms with Gasteiger partial charge in [-0.05, 0) is 24.6 Å². The van der Waals surface area contributed by atoms with E-state index in [-0.39, 0.29) is 13.0 Å². The molecule has 25 heavy (non-hydrogen) atoms. The molecule has 1 N–H and O–H groups in total.